The molecule has 108 valence electrons. The Balaban J connectivity index is 1.42. The highest BCUT2D eigenvalue weighted by molar-refractivity contribution is 5.12. The van der Waals surface area contributed by atoms with Crippen molar-refractivity contribution in [2.24, 2.45) is 5.41 Å². The second-order valence-electron chi connectivity index (χ2n) is 6.63. The van der Waals surface area contributed by atoms with Gasteiger partial charge in [0, 0.05) is 18.1 Å². The monoisotopic (exact) mass is 263 g/mol. The van der Waals surface area contributed by atoms with Gasteiger partial charge in [-0.25, -0.2) is 0 Å². The number of hydrogen-bond acceptors (Lipinski definition) is 2. The molecule has 0 aliphatic heterocycles. The summed E-state index contributed by atoms with van der Waals surface area (Å²) in [6.07, 6.45) is 15.2. The van der Waals surface area contributed by atoms with Gasteiger partial charge in [0.2, 0.25) is 0 Å². The van der Waals surface area contributed by atoms with Gasteiger partial charge in [0.25, 0.3) is 0 Å². The van der Waals surface area contributed by atoms with E-state index in [0.29, 0.717) is 11.5 Å². The van der Waals surface area contributed by atoms with Gasteiger partial charge in [-0.3, -0.25) is 0 Å². The average molecular weight is 263 g/mol. The van der Waals surface area contributed by atoms with Gasteiger partial charge in [-0.2, -0.15) is 0 Å². The first kappa shape index (κ1) is 13.6. The van der Waals surface area contributed by atoms with E-state index in [1.165, 1.54) is 64.3 Å². The van der Waals surface area contributed by atoms with Gasteiger partial charge in [0.15, 0.2) is 0 Å². The minimum absolute atomic E-state index is 0.525. The summed E-state index contributed by atoms with van der Waals surface area (Å²) in [6.45, 7) is 4.19. The van der Waals surface area contributed by atoms with Crippen LogP contribution < -0.4 is 5.32 Å². The predicted octanol–water partition coefficient (Wildman–Crippen LogP) is 3.81. The summed E-state index contributed by atoms with van der Waals surface area (Å²) in [4.78, 5) is 0. The molecule has 0 aromatic heterocycles. The second-order valence-corrected chi connectivity index (χ2v) is 6.63. The Labute approximate surface area is 118 Å². The van der Waals surface area contributed by atoms with Gasteiger partial charge >= 0.3 is 0 Å². The maximum atomic E-state index is 5.91. The molecule has 1 spiro atoms. The van der Waals surface area contributed by atoms with Gasteiger partial charge in [-0.05, 0) is 64.8 Å². The first-order chi connectivity index (χ1) is 9.35. The lowest BCUT2D eigenvalue weighted by Crippen LogP contribution is -2.66. The van der Waals surface area contributed by atoms with Gasteiger partial charge in [-0.1, -0.05) is 18.1 Å². The molecule has 2 atom stereocenters. The number of hydrogen-bond donors (Lipinski definition) is 1. The van der Waals surface area contributed by atoms with Gasteiger partial charge in [0.1, 0.15) is 0 Å². The molecule has 3 rings (SSSR count). The molecular weight excluding hydrogens is 234 g/mol. The van der Waals surface area contributed by atoms with Crippen LogP contribution in [-0.4, -0.2) is 25.3 Å². The fourth-order valence-corrected chi connectivity index (χ4v) is 4.26. The van der Waals surface area contributed by atoms with Crippen LogP contribution >= 0.6 is 0 Å². The summed E-state index contributed by atoms with van der Waals surface area (Å²) < 4.78 is 5.91. The van der Waals surface area contributed by atoms with Crippen LogP contribution in [0.3, 0.4) is 0 Å². The molecule has 0 radical (unpaired) electrons. The summed E-state index contributed by atoms with van der Waals surface area (Å²) in [7, 11) is 0. The Bertz CT molecular complexity index is 332. The van der Waals surface area contributed by atoms with Crippen molar-refractivity contribution >= 4 is 0 Å². The molecule has 0 bridgehead atoms. The van der Waals surface area contributed by atoms with E-state index in [1.807, 2.05) is 0 Å². The quantitative estimate of drug-likeness (QED) is 0.736. The molecule has 0 amide bonds. The number of nitrogens with one attached hydrogen (secondary N) is 1. The molecule has 0 aromatic rings. The number of allylic oxidation sites excluding steroid dienone is 1. The van der Waals surface area contributed by atoms with E-state index in [1.54, 1.807) is 5.57 Å². The summed E-state index contributed by atoms with van der Waals surface area (Å²) in [5.41, 5.74) is 2.22. The van der Waals surface area contributed by atoms with E-state index in [-0.39, 0.29) is 0 Å². The van der Waals surface area contributed by atoms with Crippen molar-refractivity contribution in [3.8, 4) is 0 Å². The van der Waals surface area contributed by atoms with E-state index >= 15 is 0 Å². The molecule has 3 aliphatic carbocycles. The summed E-state index contributed by atoms with van der Waals surface area (Å²) in [6, 6.07) is 0.738. The third-order valence-electron chi connectivity index (χ3n) is 5.66. The van der Waals surface area contributed by atoms with Crippen molar-refractivity contribution in [1.82, 2.24) is 5.32 Å². The number of ether oxygens (including phenoxy) is 1. The predicted molar refractivity (Wildman–Crippen MR) is 79.3 cm³/mol. The standard InChI is InChI=1S/C17H29NO/c1-2-19-16-13-15(17(16)10-6-11-17)18-12-9-14-7-4-3-5-8-14/h7,15-16,18H,2-6,8-13H2,1H3. The molecule has 3 aliphatic rings. The zero-order valence-corrected chi connectivity index (χ0v) is 12.4. The van der Waals surface area contributed by atoms with Crippen molar-refractivity contribution in [3.05, 3.63) is 11.6 Å². The first-order valence-electron chi connectivity index (χ1n) is 8.38. The smallest absolute Gasteiger partial charge is 0.0661 e. The lowest BCUT2D eigenvalue weighted by molar-refractivity contribution is -0.172. The third-order valence-corrected chi connectivity index (χ3v) is 5.66. The summed E-state index contributed by atoms with van der Waals surface area (Å²) >= 11 is 0. The second kappa shape index (κ2) is 5.97. The van der Waals surface area contributed by atoms with Crippen LogP contribution in [0.15, 0.2) is 11.6 Å². The normalized spacial score (nSPS) is 32.6. The van der Waals surface area contributed by atoms with Gasteiger partial charge < -0.3 is 10.1 Å². The van der Waals surface area contributed by atoms with E-state index in [2.05, 4.69) is 18.3 Å². The van der Waals surface area contributed by atoms with Crippen LogP contribution in [0.1, 0.15) is 64.7 Å². The molecule has 2 unspecified atom stereocenters. The SMILES string of the molecule is CCOC1CC(NCCC2=CCCCC2)C12CCC2. The highest BCUT2D eigenvalue weighted by Crippen LogP contribution is 2.57. The molecule has 0 aromatic carbocycles. The molecule has 2 heteroatoms. The fourth-order valence-electron chi connectivity index (χ4n) is 4.26. The zero-order chi connectivity index (χ0) is 13.1. The van der Waals surface area contributed by atoms with Crippen LogP contribution in [0.25, 0.3) is 0 Å². The van der Waals surface area contributed by atoms with Crippen molar-refractivity contribution in [3.63, 3.8) is 0 Å². The van der Waals surface area contributed by atoms with E-state index in [9.17, 15) is 0 Å². The first-order valence-corrected chi connectivity index (χ1v) is 8.38. The van der Waals surface area contributed by atoms with Crippen LogP contribution in [0.2, 0.25) is 0 Å². The van der Waals surface area contributed by atoms with Crippen LogP contribution in [0, 0.1) is 5.41 Å². The third kappa shape index (κ3) is 2.62. The topological polar surface area (TPSA) is 21.3 Å². The van der Waals surface area contributed by atoms with Crippen LogP contribution in [0.5, 0.6) is 0 Å². The molecule has 2 fully saturated rings. The van der Waals surface area contributed by atoms with E-state index < -0.39 is 0 Å². The highest BCUT2D eigenvalue weighted by Gasteiger charge is 2.58. The summed E-state index contributed by atoms with van der Waals surface area (Å²) in [5.74, 6) is 0. The average Bonchev–Trinajstić information content (AvgIpc) is 2.36. The molecule has 0 saturated heterocycles. The lowest BCUT2D eigenvalue weighted by atomic mass is 9.51. The van der Waals surface area contributed by atoms with Gasteiger partial charge in [-0.15, -0.1) is 0 Å². The Morgan fingerprint density at radius 3 is 2.84 bits per heavy atom. The Morgan fingerprint density at radius 1 is 1.32 bits per heavy atom. The Hall–Kier alpha value is -0.340. The molecule has 0 heterocycles. The molecule has 2 saturated carbocycles. The van der Waals surface area contributed by atoms with Crippen LogP contribution in [0.4, 0.5) is 0 Å². The van der Waals surface area contributed by atoms with Gasteiger partial charge in [0.05, 0.1) is 6.10 Å². The van der Waals surface area contributed by atoms with Crippen molar-refractivity contribution in [2.75, 3.05) is 13.2 Å². The molecular formula is C17H29NO. The highest BCUT2D eigenvalue weighted by atomic mass is 16.5. The van der Waals surface area contributed by atoms with E-state index in [4.69, 9.17) is 4.74 Å². The maximum absolute atomic E-state index is 5.91. The molecule has 2 nitrogen and oxygen atoms in total. The largest absolute Gasteiger partial charge is 0.378 e. The maximum Gasteiger partial charge on any atom is 0.0661 e. The van der Waals surface area contributed by atoms with Crippen molar-refractivity contribution < 1.29 is 4.74 Å². The summed E-state index contributed by atoms with van der Waals surface area (Å²) in [5, 5.41) is 3.83. The van der Waals surface area contributed by atoms with Crippen molar-refractivity contribution in [2.45, 2.75) is 76.9 Å². The molecule has 1 N–H and O–H groups in total. The minimum Gasteiger partial charge on any atom is -0.378 e. The lowest BCUT2D eigenvalue weighted by Gasteiger charge is -2.61. The minimum atomic E-state index is 0.525. The fraction of sp³-hybridized carbons (Fsp3) is 0.882. The zero-order valence-electron chi connectivity index (χ0n) is 12.4. The number of rotatable bonds is 6. The molecule has 19 heavy (non-hydrogen) atoms. The van der Waals surface area contributed by atoms with E-state index in [0.717, 1.165) is 12.6 Å². The van der Waals surface area contributed by atoms with Crippen LogP contribution in [-0.2, 0) is 4.74 Å². The Kier molecular flexibility index (Phi) is 4.28. The Morgan fingerprint density at radius 2 is 2.21 bits per heavy atom. The van der Waals surface area contributed by atoms with Crippen molar-refractivity contribution in [1.29, 1.82) is 0 Å².